The number of rotatable bonds is 30. The second kappa shape index (κ2) is 30.9. The molecular weight excluding hydrogens is 1040 g/mol. The molecule has 0 heterocycles. The number of hydrogen-bond donors (Lipinski definition) is 0. The van der Waals surface area contributed by atoms with Gasteiger partial charge in [0.2, 0.25) is 0 Å². The molecule has 7 aromatic carbocycles. The fourth-order valence-corrected chi connectivity index (χ4v) is 16.2. The highest BCUT2D eigenvalue weighted by Crippen LogP contribution is 2.71. The Morgan fingerprint density at radius 3 is 0.667 bits per heavy atom. The molecular formula is C87H102. The molecule has 0 spiro atoms. The molecule has 3 aliphatic carbocycles. The summed E-state index contributed by atoms with van der Waals surface area (Å²) in [4.78, 5) is 0. The topological polar surface area (TPSA) is 0 Å². The molecule has 0 fully saturated rings. The van der Waals surface area contributed by atoms with E-state index in [9.17, 15) is 0 Å². The van der Waals surface area contributed by atoms with Gasteiger partial charge in [0.15, 0.2) is 0 Å². The van der Waals surface area contributed by atoms with E-state index in [1.807, 2.05) is 0 Å². The zero-order valence-corrected chi connectivity index (χ0v) is 54.6. The molecule has 87 heavy (non-hydrogen) atoms. The Balaban J connectivity index is 1.39. The lowest BCUT2D eigenvalue weighted by Crippen LogP contribution is -2.31. The molecule has 3 aliphatic rings. The lowest BCUT2D eigenvalue weighted by atomic mass is 9.63. The maximum Gasteiger partial charge on any atom is 0.0252 e. The summed E-state index contributed by atoms with van der Waals surface area (Å²) >= 11 is 0. The van der Waals surface area contributed by atoms with Crippen LogP contribution in [0.5, 0.6) is 0 Å². The molecule has 0 aromatic heterocycles. The molecule has 0 heteroatoms. The van der Waals surface area contributed by atoms with Crippen molar-refractivity contribution >= 4 is 0 Å². The van der Waals surface area contributed by atoms with Gasteiger partial charge in [0.05, 0.1) is 0 Å². The molecule has 10 rings (SSSR count). The Bertz CT molecular complexity index is 3130. The minimum absolute atomic E-state index is 0.198. The van der Waals surface area contributed by atoms with Crippen LogP contribution in [0.2, 0.25) is 0 Å². The van der Waals surface area contributed by atoms with E-state index in [1.54, 1.807) is 50.1 Å². The molecule has 7 aromatic rings. The predicted molar refractivity (Wildman–Crippen MR) is 375 cm³/mol. The standard InChI is InChI=1S/C87H102/c1-7-13-19-34-58-85(59-35-20-14-8-2)76-64-70(49-46-67-40-28-25-29-41-67)52-55-73(76)79-82(85)80-74-56-53-71(50-47-68-42-30-26-31-43-68)65-77(74)86(60-36-21-15-9-3,61-37-22-16-10-4)84(80)81-75-57-54-72(51-48-69-44-32-27-33-45-69)66-78(75)87(83(79)81,62-38-23-17-11-5)63-39-24-18-12-6/h25-33,40-45,52-57,64-66H,7-24,34-39,58-63H2,1-6H3. The summed E-state index contributed by atoms with van der Waals surface area (Å²) in [5, 5.41) is 0. The highest BCUT2D eigenvalue weighted by atomic mass is 14.6. The quantitative estimate of drug-likeness (QED) is 0.0311. The largest absolute Gasteiger partial charge is 0.0654 e. The van der Waals surface area contributed by atoms with Crippen molar-refractivity contribution in [1.82, 2.24) is 0 Å². The van der Waals surface area contributed by atoms with E-state index in [0.717, 1.165) is 71.9 Å². The van der Waals surface area contributed by atoms with Crippen LogP contribution in [0.1, 0.15) is 301 Å². The van der Waals surface area contributed by atoms with Crippen molar-refractivity contribution in [2.75, 3.05) is 0 Å². The zero-order chi connectivity index (χ0) is 60.3. The first kappa shape index (κ1) is 63.2. The van der Waals surface area contributed by atoms with Gasteiger partial charge in [-0.2, -0.15) is 0 Å². The van der Waals surface area contributed by atoms with Crippen molar-refractivity contribution < 1.29 is 0 Å². The Labute approximate surface area is 528 Å². The van der Waals surface area contributed by atoms with E-state index < -0.39 is 0 Å². The van der Waals surface area contributed by atoms with E-state index in [2.05, 4.69) is 223 Å². The highest BCUT2D eigenvalue weighted by Gasteiger charge is 2.57. The molecule has 0 bridgehead atoms. The smallest absolute Gasteiger partial charge is 0.0252 e. The first-order valence-electron chi connectivity index (χ1n) is 35.3. The summed E-state index contributed by atoms with van der Waals surface area (Å²) in [6.45, 7) is 14.3. The van der Waals surface area contributed by atoms with E-state index in [4.69, 9.17) is 0 Å². The summed E-state index contributed by atoms with van der Waals surface area (Å²) in [5.41, 5.74) is 25.2. The van der Waals surface area contributed by atoms with Gasteiger partial charge in [0, 0.05) is 49.6 Å². The molecule has 0 aliphatic heterocycles. The third-order valence-electron chi connectivity index (χ3n) is 20.5. The summed E-state index contributed by atoms with van der Waals surface area (Å²) < 4.78 is 0. The van der Waals surface area contributed by atoms with Crippen molar-refractivity contribution in [3.05, 3.63) is 212 Å². The predicted octanol–water partition coefficient (Wildman–Crippen LogP) is 24.5. The van der Waals surface area contributed by atoms with Gasteiger partial charge in [-0.25, -0.2) is 0 Å². The van der Waals surface area contributed by atoms with Crippen molar-refractivity contribution in [2.45, 2.75) is 250 Å². The molecule has 0 unspecified atom stereocenters. The Morgan fingerprint density at radius 2 is 0.448 bits per heavy atom. The molecule has 0 saturated carbocycles. The third-order valence-corrected chi connectivity index (χ3v) is 20.5. The van der Waals surface area contributed by atoms with E-state index >= 15 is 0 Å². The van der Waals surface area contributed by atoms with Crippen molar-refractivity contribution in [1.29, 1.82) is 0 Å². The molecule has 0 saturated heterocycles. The molecule has 450 valence electrons. The second-order valence-corrected chi connectivity index (χ2v) is 26.5. The number of hydrogen-bond acceptors (Lipinski definition) is 0. The van der Waals surface area contributed by atoms with Crippen LogP contribution in [0.4, 0.5) is 0 Å². The Morgan fingerprint density at radius 1 is 0.230 bits per heavy atom. The second-order valence-electron chi connectivity index (χ2n) is 26.5. The van der Waals surface area contributed by atoms with Crippen LogP contribution in [0.25, 0.3) is 33.4 Å². The lowest BCUT2D eigenvalue weighted by molar-refractivity contribution is 0.389. The normalized spacial score (nSPS) is 13.9. The van der Waals surface area contributed by atoms with Crippen LogP contribution in [0.15, 0.2) is 146 Å². The van der Waals surface area contributed by atoms with Crippen LogP contribution in [0, 0.1) is 35.5 Å². The maximum atomic E-state index is 3.80. The third kappa shape index (κ3) is 13.8. The summed E-state index contributed by atoms with van der Waals surface area (Å²) in [6, 6.07) is 55.1. The van der Waals surface area contributed by atoms with Gasteiger partial charge in [-0.1, -0.05) is 304 Å². The van der Waals surface area contributed by atoms with Gasteiger partial charge >= 0.3 is 0 Å². The number of fused-ring (bicyclic) bond motifs is 12. The average molecular weight is 1150 g/mol. The van der Waals surface area contributed by atoms with Gasteiger partial charge in [-0.05, 0) is 178 Å². The van der Waals surface area contributed by atoms with Crippen molar-refractivity contribution in [3.8, 4) is 68.9 Å². The molecule has 0 amide bonds. The summed E-state index contributed by atoms with van der Waals surface area (Å²) in [5.74, 6) is 22.4. The van der Waals surface area contributed by atoms with E-state index in [-0.39, 0.29) is 16.2 Å². The molecule has 0 atom stereocenters. The first-order chi connectivity index (χ1) is 42.9. The molecule has 0 nitrogen and oxygen atoms in total. The highest BCUT2D eigenvalue weighted by molar-refractivity contribution is 6.05. The lowest BCUT2D eigenvalue weighted by Gasteiger charge is -2.39. The van der Waals surface area contributed by atoms with Crippen LogP contribution >= 0.6 is 0 Å². The molecule has 0 radical (unpaired) electrons. The van der Waals surface area contributed by atoms with Crippen molar-refractivity contribution in [3.63, 3.8) is 0 Å². The van der Waals surface area contributed by atoms with Gasteiger partial charge in [0.1, 0.15) is 0 Å². The maximum absolute atomic E-state index is 3.80. The van der Waals surface area contributed by atoms with Crippen molar-refractivity contribution in [2.24, 2.45) is 0 Å². The van der Waals surface area contributed by atoms with Gasteiger partial charge in [-0.3, -0.25) is 0 Å². The summed E-state index contributed by atoms with van der Waals surface area (Å²) in [7, 11) is 0. The first-order valence-corrected chi connectivity index (χ1v) is 35.3. The average Bonchev–Trinajstić information content (AvgIpc) is 1.49. The molecule has 0 N–H and O–H groups in total. The van der Waals surface area contributed by atoms with Crippen LogP contribution in [-0.2, 0) is 16.2 Å². The van der Waals surface area contributed by atoms with Gasteiger partial charge in [0.25, 0.3) is 0 Å². The minimum atomic E-state index is -0.198. The Kier molecular flexibility index (Phi) is 22.5. The Hall–Kier alpha value is -6.78. The van der Waals surface area contributed by atoms with E-state index in [0.29, 0.717) is 0 Å². The van der Waals surface area contributed by atoms with Crippen LogP contribution in [-0.4, -0.2) is 0 Å². The van der Waals surface area contributed by atoms with Crippen LogP contribution < -0.4 is 0 Å². The van der Waals surface area contributed by atoms with Gasteiger partial charge < -0.3 is 0 Å². The monoisotopic (exact) mass is 1150 g/mol. The number of unbranched alkanes of at least 4 members (excludes halogenated alkanes) is 18. The minimum Gasteiger partial charge on any atom is -0.0654 e. The van der Waals surface area contributed by atoms with Crippen LogP contribution in [0.3, 0.4) is 0 Å². The van der Waals surface area contributed by atoms with Gasteiger partial charge in [-0.15, -0.1) is 0 Å². The fourth-order valence-electron chi connectivity index (χ4n) is 16.2. The van der Waals surface area contributed by atoms with E-state index in [1.165, 1.54) is 171 Å². The number of benzene rings is 7. The fraction of sp³-hybridized carbons (Fsp3) is 0.448. The summed E-state index contributed by atoms with van der Waals surface area (Å²) in [6.07, 6.45) is 36.8. The zero-order valence-electron chi connectivity index (χ0n) is 54.6. The SMILES string of the molecule is CCCCCCC1(CCCCCC)c2cc(C#Cc3ccccc3)ccc2-c2c1c1c(c3c2C(CCCCCC)(CCCCCC)c2cc(C#Cc4ccccc4)ccc2-3)C(CCCCCC)(CCCCCC)c2cc(C#Cc3ccccc3)ccc2-1.